The highest BCUT2D eigenvalue weighted by Gasteiger charge is 2.10. The van der Waals surface area contributed by atoms with E-state index in [1.54, 1.807) is 0 Å². The predicted octanol–water partition coefficient (Wildman–Crippen LogP) is 5.73. The third-order valence-corrected chi connectivity index (χ3v) is 5.84. The highest BCUT2D eigenvalue weighted by atomic mass is 16.1. The van der Waals surface area contributed by atoms with Crippen LogP contribution < -0.4 is 5.32 Å². The van der Waals surface area contributed by atoms with Gasteiger partial charge in [-0.1, -0.05) is 66.6 Å². The van der Waals surface area contributed by atoms with Crippen molar-refractivity contribution in [3.05, 3.63) is 101 Å². The number of carbonyl (C=O) groups excluding carboxylic acids is 1. The summed E-state index contributed by atoms with van der Waals surface area (Å²) < 4.78 is 2.38. The van der Waals surface area contributed by atoms with Crippen LogP contribution in [-0.2, 0) is 19.4 Å². The Hall–Kier alpha value is -3.40. The van der Waals surface area contributed by atoms with E-state index in [2.05, 4.69) is 64.5 Å². The lowest BCUT2D eigenvalue weighted by Crippen LogP contribution is -2.24. The molecule has 1 heterocycles. The Morgan fingerprint density at radius 1 is 0.875 bits per heavy atom. The molecule has 4 rings (SSSR count). The Labute approximate surface area is 190 Å². The van der Waals surface area contributed by atoms with E-state index in [0.29, 0.717) is 6.54 Å². The SMILES string of the molecule is Cc1cccc(C(=O)NCCCCCc2nc3ccccc3n2CCc2ccccc2)c1. The Morgan fingerprint density at radius 2 is 1.69 bits per heavy atom. The molecule has 0 atom stereocenters. The van der Waals surface area contributed by atoms with Crippen molar-refractivity contribution in [3.8, 4) is 0 Å². The molecule has 0 spiro atoms. The van der Waals surface area contributed by atoms with E-state index in [9.17, 15) is 4.79 Å². The van der Waals surface area contributed by atoms with Gasteiger partial charge in [-0.15, -0.1) is 0 Å². The van der Waals surface area contributed by atoms with Gasteiger partial charge in [0.15, 0.2) is 0 Å². The number of para-hydroxylation sites is 2. The number of nitrogens with one attached hydrogen (secondary N) is 1. The first-order chi connectivity index (χ1) is 15.7. The van der Waals surface area contributed by atoms with Gasteiger partial charge >= 0.3 is 0 Å². The Kier molecular flexibility index (Phi) is 7.34. The maximum absolute atomic E-state index is 12.3. The number of unbranched alkanes of at least 4 members (excludes halogenated alkanes) is 2. The summed E-state index contributed by atoms with van der Waals surface area (Å²) in [5, 5.41) is 3.04. The molecule has 1 amide bonds. The number of rotatable bonds is 10. The number of aromatic nitrogens is 2. The largest absolute Gasteiger partial charge is 0.352 e. The molecule has 4 nitrogen and oxygen atoms in total. The molecule has 4 aromatic rings. The van der Waals surface area contributed by atoms with E-state index >= 15 is 0 Å². The number of fused-ring (bicyclic) bond motifs is 1. The van der Waals surface area contributed by atoms with Crippen molar-refractivity contribution in [2.45, 2.75) is 45.6 Å². The Morgan fingerprint density at radius 3 is 2.53 bits per heavy atom. The minimum absolute atomic E-state index is 0.0106. The maximum atomic E-state index is 12.3. The molecule has 164 valence electrons. The molecule has 0 saturated heterocycles. The fourth-order valence-corrected chi connectivity index (χ4v) is 4.13. The number of benzene rings is 3. The van der Waals surface area contributed by atoms with E-state index in [1.165, 1.54) is 11.1 Å². The summed E-state index contributed by atoms with van der Waals surface area (Å²) in [7, 11) is 0. The van der Waals surface area contributed by atoms with Crippen LogP contribution in [0.25, 0.3) is 11.0 Å². The third-order valence-electron chi connectivity index (χ3n) is 5.84. The van der Waals surface area contributed by atoms with E-state index in [0.717, 1.165) is 61.1 Å². The molecule has 1 N–H and O–H groups in total. The summed E-state index contributed by atoms with van der Waals surface area (Å²) in [6.07, 6.45) is 5.06. The molecule has 0 aliphatic carbocycles. The van der Waals surface area contributed by atoms with Crippen LogP contribution >= 0.6 is 0 Å². The first kappa shape index (κ1) is 21.8. The number of aryl methyl sites for hydroxylation is 4. The van der Waals surface area contributed by atoms with Crippen LogP contribution in [0.3, 0.4) is 0 Å². The summed E-state index contributed by atoms with van der Waals surface area (Å²) in [5.74, 6) is 1.17. The normalized spacial score (nSPS) is 11.0. The van der Waals surface area contributed by atoms with Crippen molar-refractivity contribution >= 4 is 16.9 Å². The van der Waals surface area contributed by atoms with E-state index < -0.39 is 0 Å². The quantitative estimate of drug-likeness (QED) is 0.330. The second-order valence-corrected chi connectivity index (χ2v) is 8.34. The molecule has 0 aliphatic rings. The molecule has 0 fully saturated rings. The van der Waals surface area contributed by atoms with Gasteiger partial charge in [0, 0.05) is 25.1 Å². The zero-order valence-corrected chi connectivity index (χ0v) is 18.8. The minimum Gasteiger partial charge on any atom is -0.352 e. The summed E-state index contributed by atoms with van der Waals surface area (Å²) in [6.45, 7) is 3.65. The Balaban J connectivity index is 1.28. The van der Waals surface area contributed by atoms with Gasteiger partial charge in [0.05, 0.1) is 11.0 Å². The average molecular weight is 426 g/mol. The molecule has 0 aliphatic heterocycles. The van der Waals surface area contributed by atoms with Gasteiger partial charge in [-0.3, -0.25) is 4.79 Å². The molecule has 0 bridgehead atoms. The summed E-state index contributed by atoms with van der Waals surface area (Å²) in [4.78, 5) is 17.2. The van der Waals surface area contributed by atoms with Crippen molar-refractivity contribution in [2.75, 3.05) is 6.54 Å². The molecule has 0 unspecified atom stereocenters. The van der Waals surface area contributed by atoms with Gasteiger partial charge in [-0.05, 0) is 56.0 Å². The molecular formula is C28H31N3O. The summed E-state index contributed by atoms with van der Waals surface area (Å²) in [6, 6.07) is 26.7. The minimum atomic E-state index is 0.0106. The third kappa shape index (κ3) is 5.64. The molecule has 3 aromatic carbocycles. The maximum Gasteiger partial charge on any atom is 0.251 e. The van der Waals surface area contributed by atoms with Gasteiger partial charge in [-0.2, -0.15) is 0 Å². The van der Waals surface area contributed by atoms with Crippen LogP contribution in [0.4, 0.5) is 0 Å². The van der Waals surface area contributed by atoms with Crippen molar-refractivity contribution in [2.24, 2.45) is 0 Å². The molecule has 0 saturated carbocycles. The zero-order chi connectivity index (χ0) is 22.2. The number of hydrogen-bond acceptors (Lipinski definition) is 2. The van der Waals surface area contributed by atoms with Gasteiger partial charge < -0.3 is 9.88 Å². The van der Waals surface area contributed by atoms with Crippen LogP contribution in [-0.4, -0.2) is 22.0 Å². The van der Waals surface area contributed by atoms with Crippen molar-refractivity contribution in [1.82, 2.24) is 14.9 Å². The second kappa shape index (κ2) is 10.8. The lowest BCUT2D eigenvalue weighted by atomic mass is 10.1. The lowest BCUT2D eigenvalue weighted by Gasteiger charge is -2.10. The van der Waals surface area contributed by atoms with Crippen LogP contribution in [0.1, 0.15) is 46.6 Å². The fraction of sp³-hybridized carbons (Fsp3) is 0.286. The summed E-state index contributed by atoms with van der Waals surface area (Å²) >= 11 is 0. The highest BCUT2D eigenvalue weighted by molar-refractivity contribution is 5.94. The number of hydrogen-bond donors (Lipinski definition) is 1. The fourth-order valence-electron chi connectivity index (χ4n) is 4.13. The smallest absolute Gasteiger partial charge is 0.251 e. The topological polar surface area (TPSA) is 46.9 Å². The number of imidazole rings is 1. The molecule has 32 heavy (non-hydrogen) atoms. The average Bonchev–Trinajstić information content (AvgIpc) is 3.17. The standard InChI is InChI=1S/C28H31N3O/c1-22-11-10-14-24(21-22)28(32)29-19-9-3-6-17-27-30-25-15-7-8-16-26(25)31(27)20-18-23-12-4-2-5-13-23/h2,4-5,7-8,10-16,21H,3,6,9,17-20H2,1H3,(H,29,32). The zero-order valence-electron chi connectivity index (χ0n) is 18.8. The monoisotopic (exact) mass is 425 g/mol. The first-order valence-corrected chi connectivity index (χ1v) is 11.5. The van der Waals surface area contributed by atoms with Crippen molar-refractivity contribution in [1.29, 1.82) is 0 Å². The number of nitrogens with zero attached hydrogens (tertiary/aromatic N) is 2. The second-order valence-electron chi connectivity index (χ2n) is 8.34. The van der Waals surface area contributed by atoms with Gasteiger partial charge in [0.25, 0.3) is 5.91 Å². The number of carbonyl (C=O) groups is 1. The van der Waals surface area contributed by atoms with Gasteiger partial charge in [-0.25, -0.2) is 4.98 Å². The van der Waals surface area contributed by atoms with E-state index in [4.69, 9.17) is 4.98 Å². The van der Waals surface area contributed by atoms with Crippen molar-refractivity contribution < 1.29 is 4.79 Å². The van der Waals surface area contributed by atoms with Crippen LogP contribution in [0.2, 0.25) is 0 Å². The van der Waals surface area contributed by atoms with Crippen LogP contribution in [0, 0.1) is 6.92 Å². The highest BCUT2D eigenvalue weighted by Crippen LogP contribution is 2.19. The van der Waals surface area contributed by atoms with E-state index in [1.807, 2.05) is 31.2 Å². The molecule has 1 aromatic heterocycles. The Bertz CT molecular complexity index is 1160. The van der Waals surface area contributed by atoms with Crippen LogP contribution in [0.5, 0.6) is 0 Å². The summed E-state index contributed by atoms with van der Waals surface area (Å²) in [5.41, 5.74) is 5.47. The van der Waals surface area contributed by atoms with Gasteiger partial charge in [0.1, 0.15) is 5.82 Å². The molecule has 4 heteroatoms. The lowest BCUT2D eigenvalue weighted by molar-refractivity contribution is 0.0953. The van der Waals surface area contributed by atoms with Crippen molar-refractivity contribution in [3.63, 3.8) is 0 Å². The molecule has 0 radical (unpaired) electrons. The predicted molar refractivity (Wildman–Crippen MR) is 131 cm³/mol. The molecular weight excluding hydrogens is 394 g/mol. The van der Waals surface area contributed by atoms with Crippen LogP contribution in [0.15, 0.2) is 78.9 Å². The van der Waals surface area contributed by atoms with E-state index in [-0.39, 0.29) is 5.91 Å². The van der Waals surface area contributed by atoms with Gasteiger partial charge in [0.2, 0.25) is 0 Å². The first-order valence-electron chi connectivity index (χ1n) is 11.5. The number of amides is 1.